The number of aliphatic hydroxyl groups is 1. The van der Waals surface area contributed by atoms with Gasteiger partial charge in [-0.25, -0.2) is 12.8 Å². The first-order valence-corrected chi connectivity index (χ1v) is 13.0. The molecule has 1 fully saturated rings. The highest BCUT2D eigenvalue weighted by Gasteiger charge is 2.39. The highest BCUT2D eigenvalue weighted by molar-refractivity contribution is 7.89. The number of halogens is 1. The normalized spacial score (nSPS) is 23.2. The van der Waals surface area contributed by atoms with Crippen LogP contribution in [0, 0.1) is 17.7 Å². The van der Waals surface area contributed by atoms with Gasteiger partial charge in [0.2, 0.25) is 15.9 Å². The van der Waals surface area contributed by atoms with Gasteiger partial charge in [-0.2, -0.15) is 4.31 Å². The Labute approximate surface area is 200 Å². The number of ether oxygens (including phenoxy) is 1. The quantitative estimate of drug-likeness (QED) is 0.672. The molecule has 0 bridgehead atoms. The van der Waals surface area contributed by atoms with Crippen molar-refractivity contribution in [2.75, 3.05) is 26.7 Å². The molecule has 184 valence electrons. The van der Waals surface area contributed by atoms with Crippen molar-refractivity contribution in [2.45, 2.75) is 43.7 Å². The number of hydrogen-bond acceptors (Lipinski definition) is 5. The number of likely N-dealkylation sites (N-methyl/N-ethyl adjacent to an activating group) is 1. The highest BCUT2D eigenvalue weighted by Crippen LogP contribution is 2.37. The maximum Gasteiger partial charge on any atom is 0.247 e. The fraction of sp³-hybridized carbons (Fsp3) is 0.480. The zero-order valence-corrected chi connectivity index (χ0v) is 20.5. The molecule has 1 saturated carbocycles. The second-order valence-corrected chi connectivity index (χ2v) is 11.2. The van der Waals surface area contributed by atoms with Crippen LogP contribution >= 0.6 is 0 Å². The predicted octanol–water partition coefficient (Wildman–Crippen LogP) is 3.13. The van der Waals surface area contributed by atoms with Crippen LogP contribution in [-0.4, -0.2) is 67.5 Å². The zero-order valence-electron chi connectivity index (χ0n) is 19.6. The van der Waals surface area contributed by atoms with Crippen LogP contribution in [0.4, 0.5) is 4.39 Å². The standard InChI is InChI=1S/C25H31FN2O5S/c1-16-13-28(17(2)15-29)34(31,32)24-11-10-19(20-6-4-5-7-21(20)26)12-22(24)33-23(16)14-27(3)25(30)18-8-9-18/h4-7,10-12,16-18,23,29H,8-9,13-15H2,1-3H3/t16-,17-,23+/m0/s1. The van der Waals surface area contributed by atoms with Gasteiger partial charge in [0, 0.05) is 37.0 Å². The largest absolute Gasteiger partial charge is 0.487 e. The van der Waals surface area contributed by atoms with Crippen LogP contribution in [0.2, 0.25) is 0 Å². The van der Waals surface area contributed by atoms with E-state index in [9.17, 15) is 22.7 Å². The molecule has 2 aliphatic rings. The Morgan fingerprint density at radius 2 is 1.97 bits per heavy atom. The number of nitrogens with zero attached hydrogens (tertiary/aromatic N) is 2. The summed E-state index contributed by atoms with van der Waals surface area (Å²) in [6, 6.07) is 10.1. The summed E-state index contributed by atoms with van der Waals surface area (Å²) >= 11 is 0. The van der Waals surface area contributed by atoms with Gasteiger partial charge in [-0.3, -0.25) is 4.79 Å². The molecule has 0 spiro atoms. The summed E-state index contributed by atoms with van der Waals surface area (Å²) in [6.45, 7) is 3.62. The Kier molecular flexibility index (Phi) is 6.98. The molecule has 0 radical (unpaired) electrons. The fourth-order valence-electron chi connectivity index (χ4n) is 4.31. The molecule has 1 amide bonds. The van der Waals surface area contributed by atoms with Crippen molar-refractivity contribution in [2.24, 2.45) is 11.8 Å². The molecule has 1 aliphatic heterocycles. The van der Waals surface area contributed by atoms with Crippen molar-refractivity contribution in [3.8, 4) is 16.9 Å². The Bertz CT molecular complexity index is 1170. The van der Waals surface area contributed by atoms with Crippen LogP contribution in [0.1, 0.15) is 26.7 Å². The number of sulfonamides is 1. The minimum absolute atomic E-state index is 0.0408. The summed E-state index contributed by atoms with van der Waals surface area (Å²) in [5.41, 5.74) is 0.822. The lowest BCUT2D eigenvalue weighted by Crippen LogP contribution is -2.50. The molecule has 0 aromatic heterocycles. The molecule has 7 nitrogen and oxygen atoms in total. The molecule has 3 atom stereocenters. The number of aliphatic hydroxyl groups excluding tert-OH is 1. The van der Waals surface area contributed by atoms with Crippen molar-refractivity contribution in [1.82, 2.24) is 9.21 Å². The molecule has 4 rings (SSSR count). The second kappa shape index (κ2) is 9.64. The summed E-state index contributed by atoms with van der Waals surface area (Å²) in [6.07, 6.45) is 1.28. The van der Waals surface area contributed by atoms with Crippen molar-refractivity contribution < 1.29 is 27.4 Å². The molecular formula is C25H31FN2O5S. The number of hydrogen-bond donors (Lipinski definition) is 1. The molecule has 1 aliphatic carbocycles. The highest BCUT2D eigenvalue weighted by atomic mass is 32.2. The van der Waals surface area contributed by atoms with Crippen molar-refractivity contribution in [1.29, 1.82) is 0 Å². The first-order chi connectivity index (χ1) is 16.1. The number of carbonyl (C=O) groups is 1. The van der Waals surface area contributed by atoms with Crippen LogP contribution in [0.5, 0.6) is 5.75 Å². The number of fused-ring (bicyclic) bond motifs is 1. The van der Waals surface area contributed by atoms with Crippen LogP contribution in [0.3, 0.4) is 0 Å². The van der Waals surface area contributed by atoms with Crippen molar-refractivity contribution in [3.63, 3.8) is 0 Å². The van der Waals surface area contributed by atoms with Crippen LogP contribution in [0.15, 0.2) is 47.4 Å². The van der Waals surface area contributed by atoms with Gasteiger partial charge in [0.25, 0.3) is 0 Å². The van der Waals surface area contributed by atoms with E-state index in [-0.39, 0.29) is 41.5 Å². The van der Waals surface area contributed by atoms with E-state index in [1.165, 1.54) is 16.4 Å². The molecule has 1 N–H and O–H groups in total. The second-order valence-electron chi connectivity index (χ2n) is 9.37. The minimum atomic E-state index is -3.99. The summed E-state index contributed by atoms with van der Waals surface area (Å²) in [5, 5.41) is 9.76. The lowest BCUT2D eigenvalue weighted by Gasteiger charge is -2.37. The van der Waals surface area contributed by atoms with Gasteiger partial charge in [0.15, 0.2) is 0 Å². The first kappa shape index (κ1) is 24.6. The van der Waals surface area contributed by atoms with Crippen molar-refractivity contribution in [3.05, 3.63) is 48.3 Å². The smallest absolute Gasteiger partial charge is 0.247 e. The zero-order chi connectivity index (χ0) is 24.6. The van der Waals surface area contributed by atoms with Gasteiger partial charge < -0.3 is 14.7 Å². The average molecular weight is 491 g/mol. The van der Waals surface area contributed by atoms with Crippen LogP contribution < -0.4 is 4.74 Å². The Hall–Kier alpha value is -2.49. The topological polar surface area (TPSA) is 87.2 Å². The van der Waals surface area contributed by atoms with Gasteiger partial charge in [0.1, 0.15) is 22.6 Å². The number of rotatable bonds is 6. The van der Waals surface area contributed by atoms with E-state index in [1.54, 1.807) is 49.2 Å². The number of carbonyl (C=O) groups excluding carboxylic acids is 1. The van der Waals surface area contributed by atoms with E-state index in [4.69, 9.17) is 4.74 Å². The summed E-state index contributed by atoms with van der Waals surface area (Å²) < 4.78 is 49.2. The van der Waals surface area contributed by atoms with Gasteiger partial charge in [0.05, 0.1) is 13.2 Å². The fourth-order valence-corrected chi connectivity index (χ4v) is 6.13. The molecule has 2 aromatic rings. The molecule has 9 heteroatoms. The number of benzene rings is 2. The molecule has 34 heavy (non-hydrogen) atoms. The van der Waals surface area contributed by atoms with E-state index in [0.29, 0.717) is 17.7 Å². The van der Waals surface area contributed by atoms with E-state index < -0.39 is 28.0 Å². The Balaban J connectivity index is 1.78. The summed E-state index contributed by atoms with van der Waals surface area (Å²) in [5.74, 6) is -0.471. The van der Waals surface area contributed by atoms with E-state index in [0.717, 1.165) is 12.8 Å². The van der Waals surface area contributed by atoms with Gasteiger partial charge in [-0.05, 0) is 43.5 Å². The third-order valence-corrected chi connectivity index (χ3v) is 8.63. The Morgan fingerprint density at radius 3 is 2.62 bits per heavy atom. The SMILES string of the molecule is C[C@H]1CN([C@@H](C)CO)S(=O)(=O)c2ccc(-c3ccccc3F)cc2O[C@@H]1CN(C)C(=O)C1CC1. The predicted molar refractivity (Wildman–Crippen MR) is 126 cm³/mol. The monoisotopic (exact) mass is 490 g/mol. The lowest BCUT2D eigenvalue weighted by atomic mass is 10.0. The molecular weight excluding hydrogens is 459 g/mol. The first-order valence-electron chi connectivity index (χ1n) is 11.6. The van der Waals surface area contributed by atoms with E-state index in [2.05, 4.69) is 0 Å². The maximum atomic E-state index is 14.5. The van der Waals surface area contributed by atoms with Gasteiger partial charge >= 0.3 is 0 Å². The van der Waals surface area contributed by atoms with E-state index in [1.807, 2.05) is 6.92 Å². The molecule has 2 aromatic carbocycles. The van der Waals surface area contributed by atoms with Crippen LogP contribution in [-0.2, 0) is 14.8 Å². The van der Waals surface area contributed by atoms with E-state index >= 15 is 0 Å². The lowest BCUT2D eigenvalue weighted by molar-refractivity contribution is -0.132. The molecule has 1 heterocycles. The minimum Gasteiger partial charge on any atom is -0.487 e. The molecule has 0 unspecified atom stereocenters. The van der Waals surface area contributed by atoms with Gasteiger partial charge in [-0.15, -0.1) is 0 Å². The van der Waals surface area contributed by atoms with Crippen LogP contribution in [0.25, 0.3) is 11.1 Å². The molecule has 0 saturated heterocycles. The summed E-state index contributed by atoms with van der Waals surface area (Å²) in [4.78, 5) is 14.2. The summed E-state index contributed by atoms with van der Waals surface area (Å²) in [7, 11) is -2.26. The third-order valence-electron chi connectivity index (χ3n) is 6.61. The maximum absolute atomic E-state index is 14.5. The van der Waals surface area contributed by atoms with Crippen molar-refractivity contribution >= 4 is 15.9 Å². The Morgan fingerprint density at radius 1 is 1.26 bits per heavy atom. The number of amides is 1. The third kappa shape index (κ3) is 4.82. The average Bonchev–Trinajstić information content (AvgIpc) is 3.66. The van der Waals surface area contributed by atoms with Gasteiger partial charge in [-0.1, -0.05) is 31.2 Å².